The number of fused-ring (bicyclic) bond motifs is 1. The Morgan fingerprint density at radius 2 is 2.12 bits per heavy atom. The molecule has 1 aliphatic carbocycles. The van der Waals surface area contributed by atoms with Gasteiger partial charge < -0.3 is 5.32 Å². The van der Waals surface area contributed by atoms with Crippen LogP contribution in [0.25, 0.3) is 10.8 Å². The van der Waals surface area contributed by atoms with E-state index < -0.39 is 0 Å². The normalized spacial score (nSPS) is 17.3. The van der Waals surface area contributed by atoms with Crippen LogP contribution in [0.5, 0.6) is 0 Å². The number of anilines is 1. The molecule has 1 aromatic heterocycles. The zero-order valence-electron chi connectivity index (χ0n) is 8.78. The van der Waals surface area contributed by atoms with Crippen LogP contribution in [0.4, 0.5) is 5.82 Å². The molecule has 0 bridgehead atoms. The van der Waals surface area contributed by atoms with E-state index in [1.165, 1.54) is 0 Å². The SMILES string of the molecule is ClCC1(Nc2nncc3ccccc23)CC1. The number of hydrogen-bond donors (Lipinski definition) is 1. The molecule has 1 aromatic carbocycles. The van der Waals surface area contributed by atoms with Crippen molar-refractivity contribution < 1.29 is 0 Å². The maximum atomic E-state index is 5.95. The lowest BCUT2D eigenvalue weighted by Gasteiger charge is -2.15. The standard InChI is InChI=1S/C12H12ClN3/c13-8-12(5-6-12)15-11-10-4-2-1-3-9(10)7-14-16-11/h1-4,7H,5-6,8H2,(H,15,16). The first-order valence-corrected chi connectivity index (χ1v) is 5.91. The highest BCUT2D eigenvalue weighted by Crippen LogP contribution is 2.40. The van der Waals surface area contributed by atoms with Crippen LogP contribution in [0, 0.1) is 0 Å². The topological polar surface area (TPSA) is 37.8 Å². The van der Waals surface area contributed by atoms with Crippen LogP contribution in [0.1, 0.15) is 12.8 Å². The van der Waals surface area contributed by atoms with Gasteiger partial charge in [-0.3, -0.25) is 0 Å². The number of rotatable bonds is 3. The third kappa shape index (κ3) is 1.61. The molecule has 2 aromatic rings. The summed E-state index contributed by atoms with van der Waals surface area (Å²) in [5, 5.41) is 13.8. The first-order valence-electron chi connectivity index (χ1n) is 5.38. The van der Waals surface area contributed by atoms with Gasteiger partial charge >= 0.3 is 0 Å². The molecule has 0 amide bonds. The molecule has 0 radical (unpaired) electrons. The van der Waals surface area contributed by atoms with E-state index in [0.29, 0.717) is 5.88 Å². The fourth-order valence-electron chi connectivity index (χ4n) is 1.81. The number of hydrogen-bond acceptors (Lipinski definition) is 3. The number of benzene rings is 1. The van der Waals surface area contributed by atoms with Crippen molar-refractivity contribution in [2.45, 2.75) is 18.4 Å². The molecule has 16 heavy (non-hydrogen) atoms. The smallest absolute Gasteiger partial charge is 0.157 e. The molecule has 0 atom stereocenters. The molecule has 0 unspecified atom stereocenters. The Hall–Kier alpha value is -1.35. The second kappa shape index (κ2) is 3.59. The van der Waals surface area contributed by atoms with E-state index >= 15 is 0 Å². The Balaban J connectivity index is 2.03. The van der Waals surface area contributed by atoms with Gasteiger partial charge in [0.15, 0.2) is 5.82 Å². The quantitative estimate of drug-likeness (QED) is 0.829. The highest BCUT2D eigenvalue weighted by atomic mass is 35.5. The van der Waals surface area contributed by atoms with Gasteiger partial charge in [-0.15, -0.1) is 16.7 Å². The van der Waals surface area contributed by atoms with E-state index in [1.807, 2.05) is 18.2 Å². The van der Waals surface area contributed by atoms with Crippen LogP contribution >= 0.6 is 11.6 Å². The average molecular weight is 234 g/mol. The van der Waals surface area contributed by atoms with Gasteiger partial charge in [-0.1, -0.05) is 24.3 Å². The predicted molar refractivity (Wildman–Crippen MR) is 65.8 cm³/mol. The lowest BCUT2D eigenvalue weighted by atomic mass is 10.2. The van der Waals surface area contributed by atoms with Crippen LogP contribution in [0.3, 0.4) is 0 Å². The zero-order chi connectivity index (χ0) is 11.0. The zero-order valence-corrected chi connectivity index (χ0v) is 9.54. The van der Waals surface area contributed by atoms with Crippen molar-refractivity contribution in [2.24, 2.45) is 0 Å². The molecule has 82 valence electrons. The molecule has 1 N–H and O–H groups in total. The summed E-state index contributed by atoms with van der Waals surface area (Å²) in [4.78, 5) is 0. The average Bonchev–Trinajstić information content (AvgIpc) is 3.10. The number of alkyl halides is 1. The Morgan fingerprint density at radius 1 is 1.31 bits per heavy atom. The molecule has 4 heteroatoms. The van der Waals surface area contributed by atoms with Crippen LogP contribution < -0.4 is 5.32 Å². The van der Waals surface area contributed by atoms with Gasteiger partial charge in [0.25, 0.3) is 0 Å². The van der Waals surface area contributed by atoms with Crippen molar-refractivity contribution in [3.8, 4) is 0 Å². The molecule has 1 aliphatic rings. The summed E-state index contributed by atoms with van der Waals surface area (Å²) in [6, 6.07) is 8.10. The predicted octanol–water partition coefficient (Wildman–Crippen LogP) is 2.81. The number of nitrogens with one attached hydrogen (secondary N) is 1. The van der Waals surface area contributed by atoms with Gasteiger partial charge in [0.05, 0.1) is 11.7 Å². The minimum Gasteiger partial charge on any atom is -0.361 e. The number of aromatic nitrogens is 2. The monoisotopic (exact) mass is 233 g/mol. The van der Waals surface area contributed by atoms with Gasteiger partial charge in [0, 0.05) is 16.7 Å². The van der Waals surface area contributed by atoms with Gasteiger partial charge in [-0.25, -0.2) is 0 Å². The maximum absolute atomic E-state index is 5.95. The van der Waals surface area contributed by atoms with Crippen molar-refractivity contribution in [2.75, 3.05) is 11.2 Å². The van der Waals surface area contributed by atoms with Crippen molar-refractivity contribution >= 4 is 28.2 Å². The molecule has 3 rings (SSSR count). The van der Waals surface area contributed by atoms with Crippen molar-refractivity contribution in [3.05, 3.63) is 30.5 Å². The molecular weight excluding hydrogens is 222 g/mol. The molecule has 3 nitrogen and oxygen atoms in total. The minimum atomic E-state index is 0.0559. The summed E-state index contributed by atoms with van der Waals surface area (Å²) < 4.78 is 0. The molecule has 1 heterocycles. The van der Waals surface area contributed by atoms with Crippen molar-refractivity contribution in [1.82, 2.24) is 10.2 Å². The van der Waals surface area contributed by atoms with Gasteiger partial charge in [0.1, 0.15) is 0 Å². The number of nitrogens with zero attached hydrogens (tertiary/aromatic N) is 2. The molecule has 0 saturated heterocycles. The Morgan fingerprint density at radius 3 is 2.88 bits per heavy atom. The summed E-state index contributed by atoms with van der Waals surface area (Å²) in [6.45, 7) is 0. The largest absolute Gasteiger partial charge is 0.361 e. The van der Waals surface area contributed by atoms with Gasteiger partial charge in [-0.2, -0.15) is 5.10 Å². The first kappa shape index (κ1) is 9.85. The van der Waals surface area contributed by atoms with E-state index in [-0.39, 0.29) is 5.54 Å². The third-order valence-corrected chi connectivity index (χ3v) is 3.57. The fourth-order valence-corrected chi connectivity index (χ4v) is 2.15. The number of halogens is 1. The second-order valence-corrected chi connectivity index (χ2v) is 4.59. The van der Waals surface area contributed by atoms with Crippen LogP contribution in [0.15, 0.2) is 30.5 Å². The Bertz CT molecular complexity index is 517. The van der Waals surface area contributed by atoms with E-state index in [1.54, 1.807) is 6.20 Å². The lowest BCUT2D eigenvalue weighted by Crippen LogP contribution is -2.23. The third-order valence-electron chi connectivity index (χ3n) is 3.06. The highest BCUT2D eigenvalue weighted by molar-refractivity contribution is 6.19. The van der Waals surface area contributed by atoms with Crippen molar-refractivity contribution in [3.63, 3.8) is 0 Å². The van der Waals surface area contributed by atoms with Gasteiger partial charge in [0.2, 0.25) is 0 Å². The summed E-state index contributed by atoms with van der Waals surface area (Å²) in [6.07, 6.45) is 4.00. The van der Waals surface area contributed by atoms with E-state index in [9.17, 15) is 0 Å². The van der Waals surface area contributed by atoms with Gasteiger partial charge in [-0.05, 0) is 12.8 Å². The fraction of sp³-hybridized carbons (Fsp3) is 0.333. The highest BCUT2D eigenvalue weighted by Gasteiger charge is 2.42. The summed E-state index contributed by atoms with van der Waals surface area (Å²) in [7, 11) is 0. The molecule has 1 fully saturated rings. The Kier molecular flexibility index (Phi) is 2.21. The first-order chi connectivity index (χ1) is 7.83. The summed E-state index contributed by atoms with van der Waals surface area (Å²) in [5.74, 6) is 1.47. The molecule has 0 aliphatic heterocycles. The van der Waals surface area contributed by atoms with E-state index in [0.717, 1.165) is 29.4 Å². The maximum Gasteiger partial charge on any atom is 0.157 e. The Labute approximate surface area is 98.8 Å². The molecule has 1 saturated carbocycles. The van der Waals surface area contributed by atoms with Crippen molar-refractivity contribution in [1.29, 1.82) is 0 Å². The van der Waals surface area contributed by atoms with E-state index in [4.69, 9.17) is 11.6 Å². The lowest BCUT2D eigenvalue weighted by molar-refractivity contribution is 0.823. The minimum absolute atomic E-state index is 0.0559. The van der Waals surface area contributed by atoms with E-state index in [2.05, 4.69) is 21.6 Å². The summed E-state index contributed by atoms with van der Waals surface area (Å²) in [5.41, 5.74) is 0.0559. The second-order valence-electron chi connectivity index (χ2n) is 4.32. The molecular formula is C12H12ClN3. The van der Waals surface area contributed by atoms with Crippen LogP contribution in [-0.2, 0) is 0 Å². The van der Waals surface area contributed by atoms with Crippen LogP contribution in [0.2, 0.25) is 0 Å². The van der Waals surface area contributed by atoms with Crippen LogP contribution in [-0.4, -0.2) is 21.6 Å². The summed E-state index contributed by atoms with van der Waals surface area (Å²) >= 11 is 5.95. The molecule has 0 spiro atoms.